The number of aromatic nitrogens is 1. The molecule has 0 aromatic carbocycles. The number of nitrogens with zero attached hydrogens (tertiary/aromatic N) is 1. The van der Waals surface area contributed by atoms with Gasteiger partial charge in [0.05, 0.1) is 16.9 Å². The highest BCUT2D eigenvalue weighted by atomic mass is 35.5. The highest BCUT2D eigenvalue weighted by Gasteiger charge is 2.52. The molecule has 21 heavy (non-hydrogen) atoms. The predicted octanol–water partition coefficient (Wildman–Crippen LogP) is 2.41. The second-order valence-electron chi connectivity index (χ2n) is 6.06. The summed E-state index contributed by atoms with van der Waals surface area (Å²) in [6.07, 6.45) is 1.77. The molecule has 0 saturated carbocycles. The first-order valence-electron chi connectivity index (χ1n) is 6.78. The number of rotatable bonds is 3. The normalized spacial score (nSPS) is 20.9. The van der Waals surface area contributed by atoms with E-state index in [0.29, 0.717) is 5.69 Å². The molecule has 1 fully saturated rings. The fraction of sp³-hybridized carbons (Fsp3) is 0.500. The van der Waals surface area contributed by atoms with Gasteiger partial charge in [0.1, 0.15) is 0 Å². The molecule has 0 spiro atoms. The summed E-state index contributed by atoms with van der Waals surface area (Å²) in [5.74, 6) is -0.0567. The Balaban J connectivity index is 2.28. The van der Waals surface area contributed by atoms with Crippen molar-refractivity contribution in [1.82, 2.24) is 4.98 Å². The molecule has 1 saturated heterocycles. The molecule has 2 rings (SSSR count). The zero-order valence-corrected chi connectivity index (χ0v) is 13.4. The Morgan fingerprint density at radius 2 is 1.90 bits per heavy atom. The molecule has 5 nitrogen and oxygen atoms in total. The quantitative estimate of drug-likeness (QED) is 0.662. The summed E-state index contributed by atoms with van der Waals surface area (Å²) in [6.45, 7) is 8.21. The van der Waals surface area contributed by atoms with Gasteiger partial charge in [0.25, 0.3) is 0 Å². The fourth-order valence-electron chi connectivity index (χ4n) is 1.93. The maximum absolute atomic E-state index is 9.39. The number of aromatic hydroxyl groups is 1. The fourth-order valence-corrected chi connectivity index (χ4v) is 2.09. The van der Waals surface area contributed by atoms with Gasteiger partial charge in [-0.2, -0.15) is 0 Å². The van der Waals surface area contributed by atoms with E-state index in [0.717, 1.165) is 5.47 Å². The van der Waals surface area contributed by atoms with E-state index in [1.807, 2.05) is 27.7 Å². The second-order valence-corrected chi connectivity index (χ2v) is 6.42. The van der Waals surface area contributed by atoms with Crippen LogP contribution in [0.15, 0.2) is 17.6 Å². The molecule has 0 amide bonds. The lowest BCUT2D eigenvalue weighted by Gasteiger charge is -2.32. The summed E-state index contributed by atoms with van der Waals surface area (Å²) in [5.41, 5.74) is 6.32. The molecular formula is C14H20BClN2O3. The molecular weight excluding hydrogens is 290 g/mol. The Morgan fingerprint density at radius 3 is 2.38 bits per heavy atom. The van der Waals surface area contributed by atoms with Crippen molar-refractivity contribution in [3.63, 3.8) is 0 Å². The molecule has 114 valence electrons. The van der Waals surface area contributed by atoms with Crippen LogP contribution in [0, 0.1) is 0 Å². The molecule has 0 bridgehead atoms. The monoisotopic (exact) mass is 310 g/mol. The van der Waals surface area contributed by atoms with Crippen molar-refractivity contribution in [3.8, 4) is 5.75 Å². The van der Waals surface area contributed by atoms with Crippen molar-refractivity contribution in [2.75, 3.05) is 6.54 Å². The predicted molar refractivity (Wildman–Crippen MR) is 84.0 cm³/mol. The van der Waals surface area contributed by atoms with Gasteiger partial charge in [-0.15, -0.1) is 0 Å². The molecule has 3 N–H and O–H groups in total. The molecule has 1 aliphatic rings. The van der Waals surface area contributed by atoms with Gasteiger partial charge in [0.15, 0.2) is 10.9 Å². The average molecular weight is 311 g/mol. The zero-order valence-electron chi connectivity index (χ0n) is 12.7. The summed E-state index contributed by atoms with van der Waals surface area (Å²) in [6, 6.07) is 3.14. The third kappa shape index (κ3) is 3.24. The summed E-state index contributed by atoms with van der Waals surface area (Å²) in [4.78, 5) is 4.08. The molecule has 1 aromatic rings. The second kappa shape index (κ2) is 5.61. The van der Waals surface area contributed by atoms with Gasteiger partial charge in [0.2, 0.25) is 0 Å². The third-order valence-electron chi connectivity index (χ3n) is 3.98. The average Bonchev–Trinajstić information content (AvgIpc) is 2.59. The largest absolute Gasteiger partial charge is 0.505 e. The van der Waals surface area contributed by atoms with E-state index in [1.165, 1.54) is 6.07 Å². The van der Waals surface area contributed by atoms with Crippen LogP contribution in [0.1, 0.15) is 33.4 Å². The van der Waals surface area contributed by atoms with Gasteiger partial charge < -0.3 is 20.1 Å². The van der Waals surface area contributed by atoms with Crippen molar-refractivity contribution in [3.05, 3.63) is 28.5 Å². The maximum atomic E-state index is 9.39. The van der Waals surface area contributed by atoms with Gasteiger partial charge in [-0.25, -0.2) is 4.98 Å². The van der Waals surface area contributed by atoms with Gasteiger partial charge in [0, 0.05) is 6.54 Å². The highest BCUT2D eigenvalue weighted by Crippen LogP contribution is 2.38. The number of pyridine rings is 1. The first kappa shape index (κ1) is 16.3. The van der Waals surface area contributed by atoms with Crippen LogP contribution in [-0.4, -0.2) is 35.0 Å². The SMILES string of the molecule is CC1(C)OB(C(=Cc2ccc(O)c(Cl)n2)CN)OC1(C)C. The van der Waals surface area contributed by atoms with E-state index in [2.05, 4.69) is 4.98 Å². The van der Waals surface area contributed by atoms with Crippen LogP contribution in [0.2, 0.25) is 5.15 Å². The first-order valence-corrected chi connectivity index (χ1v) is 7.16. The number of hydrogen-bond donors (Lipinski definition) is 2. The minimum Gasteiger partial charge on any atom is -0.505 e. The lowest BCUT2D eigenvalue weighted by Crippen LogP contribution is -2.41. The smallest absolute Gasteiger partial charge is 0.491 e. The third-order valence-corrected chi connectivity index (χ3v) is 4.25. The van der Waals surface area contributed by atoms with Crippen molar-refractivity contribution in [2.45, 2.75) is 38.9 Å². The van der Waals surface area contributed by atoms with Crippen LogP contribution in [0.3, 0.4) is 0 Å². The lowest BCUT2D eigenvalue weighted by molar-refractivity contribution is 0.00578. The van der Waals surface area contributed by atoms with Crippen molar-refractivity contribution in [2.24, 2.45) is 5.73 Å². The molecule has 1 aromatic heterocycles. The van der Waals surface area contributed by atoms with Gasteiger partial charge >= 0.3 is 7.12 Å². The molecule has 1 aliphatic heterocycles. The van der Waals surface area contributed by atoms with Gasteiger partial charge in [-0.1, -0.05) is 11.6 Å². The zero-order chi connectivity index (χ0) is 15.8. The van der Waals surface area contributed by atoms with Gasteiger partial charge in [-0.3, -0.25) is 0 Å². The number of nitrogens with two attached hydrogens (primary N) is 1. The molecule has 7 heteroatoms. The highest BCUT2D eigenvalue weighted by molar-refractivity contribution is 6.55. The van der Waals surface area contributed by atoms with E-state index in [4.69, 9.17) is 26.6 Å². The Morgan fingerprint density at radius 1 is 1.33 bits per heavy atom. The topological polar surface area (TPSA) is 77.6 Å². The van der Waals surface area contributed by atoms with Gasteiger partial charge in [-0.05, 0) is 51.4 Å². The summed E-state index contributed by atoms with van der Waals surface area (Å²) >= 11 is 5.81. The van der Waals surface area contributed by atoms with Crippen molar-refractivity contribution < 1.29 is 14.4 Å². The molecule has 0 aliphatic carbocycles. The first-order chi connectivity index (χ1) is 9.66. The maximum Gasteiger partial charge on any atom is 0.491 e. The Hall–Kier alpha value is -1.08. The van der Waals surface area contributed by atoms with Crippen molar-refractivity contribution in [1.29, 1.82) is 0 Å². The standard InChI is InChI=1S/C14H20BClN2O3/c1-13(2)14(3,4)21-15(20-13)9(8-17)7-10-5-6-11(19)12(16)18-10/h5-7,19H,8,17H2,1-4H3. The minimum atomic E-state index is -0.519. The van der Waals surface area contributed by atoms with Crippen LogP contribution in [-0.2, 0) is 9.31 Å². The molecule has 0 radical (unpaired) electrons. The van der Waals surface area contributed by atoms with E-state index in [-0.39, 0.29) is 17.4 Å². The summed E-state index contributed by atoms with van der Waals surface area (Å²) in [5, 5.41) is 9.44. The minimum absolute atomic E-state index is 0.0500. The summed E-state index contributed by atoms with van der Waals surface area (Å²) < 4.78 is 11.9. The van der Waals surface area contributed by atoms with Crippen LogP contribution >= 0.6 is 11.6 Å². The molecule has 0 atom stereocenters. The van der Waals surface area contributed by atoms with Crippen molar-refractivity contribution >= 4 is 24.8 Å². The molecule has 2 heterocycles. The van der Waals surface area contributed by atoms with E-state index < -0.39 is 18.3 Å². The van der Waals surface area contributed by atoms with Crippen LogP contribution in [0.5, 0.6) is 5.75 Å². The Kier molecular flexibility index (Phi) is 4.35. The van der Waals surface area contributed by atoms with E-state index >= 15 is 0 Å². The summed E-state index contributed by atoms with van der Waals surface area (Å²) in [7, 11) is -0.519. The van der Waals surface area contributed by atoms with Crippen LogP contribution in [0.25, 0.3) is 6.08 Å². The Labute approximate surface area is 130 Å². The van der Waals surface area contributed by atoms with E-state index in [9.17, 15) is 5.11 Å². The van der Waals surface area contributed by atoms with Crippen LogP contribution < -0.4 is 5.73 Å². The number of hydrogen-bond acceptors (Lipinski definition) is 5. The molecule has 0 unspecified atom stereocenters. The Bertz CT molecular complexity index is 559. The number of halogens is 1. The lowest BCUT2D eigenvalue weighted by atomic mass is 9.77. The van der Waals surface area contributed by atoms with E-state index in [1.54, 1.807) is 12.1 Å². The van der Waals surface area contributed by atoms with Crippen LogP contribution in [0.4, 0.5) is 0 Å².